The zero-order chi connectivity index (χ0) is 27.5. The quantitative estimate of drug-likeness (QED) is 0.181. The molecule has 1 fully saturated rings. The average molecular weight is 512 g/mol. The molecule has 1 aliphatic rings. The van der Waals surface area contributed by atoms with Gasteiger partial charge in [-0.3, -0.25) is 28.9 Å². The molecular formula is C28H37N3O6. The lowest BCUT2D eigenvalue weighted by Crippen LogP contribution is -2.49. The molecule has 0 aromatic heterocycles. The molecule has 1 saturated heterocycles. The van der Waals surface area contributed by atoms with Crippen molar-refractivity contribution in [3.8, 4) is 0 Å². The second-order valence-corrected chi connectivity index (χ2v) is 9.34. The molecule has 0 aliphatic carbocycles. The van der Waals surface area contributed by atoms with Gasteiger partial charge >= 0.3 is 0 Å². The standard InChI is InChI=1S/C28H37N3O6/c1-6-7-9-14-22(32)29-21(20-12-10-8-11-13-20)17-23(33)30-25(18(2)3)26(34)24-19(4)27(35)31(28(24)36)15-16-37-5/h6-14,18-19,21,24-25H,15-17H2,1-5H3,(H,29,32)(H,30,33)/b7-6+,14-9+/t19-,21-,24+,25-/m0/s1. The molecule has 0 bridgehead atoms. The second kappa shape index (κ2) is 14.2. The molecule has 4 amide bonds. The highest BCUT2D eigenvalue weighted by Gasteiger charge is 2.50. The molecule has 0 unspecified atom stereocenters. The summed E-state index contributed by atoms with van der Waals surface area (Å²) in [6, 6.07) is 7.45. The molecule has 37 heavy (non-hydrogen) atoms. The topological polar surface area (TPSA) is 122 Å². The molecule has 1 aromatic rings. The van der Waals surface area contributed by atoms with Gasteiger partial charge in [-0.1, -0.05) is 69.3 Å². The van der Waals surface area contributed by atoms with Crippen LogP contribution in [-0.4, -0.2) is 60.6 Å². The minimum absolute atomic E-state index is 0.0714. The number of hydrogen-bond acceptors (Lipinski definition) is 6. The van der Waals surface area contributed by atoms with Gasteiger partial charge in [0.15, 0.2) is 5.78 Å². The first-order valence-electron chi connectivity index (χ1n) is 12.4. The van der Waals surface area contributed by atoms with Crippen LogP contribution < -0.4 is 10.6 Å². The van der Waals surface area contributed by atoms with Gasteiger partial charge in [-0.05, 0) is 18.4 Å². The van der Waals surface area contributed by atoms with Crippen molar-refractivity contribution in [1.29, 1.82) is 0 Å². The van der Waals surface area contributed by atoms with Crippen LogP contribution in [0.3, 0.4) is 0 Å². The largest absolute Gasteiger partial charge is 0.383 e. The Hall–Kier alpha value is -3.59. The molecule has 200 valence electrons. The monoisotopic (exact) mass is 511 g/mol. The number of ether oxygens (including phenoxy) is 1. The van der Waals surface area contributed by atoms with Gasteiger partial charge in [-0.25, -0.2) is 0 Å². The molecule has 2 rings (SSSR count). The van der Waals surface area contributed by atoms with E-state index in [0.29, 0.717) is 0 Å². The summed E-state index contributed by atoms with van der Waals surface area (Å²) in [5.74, 6) is -4.63. The minimum Gasteiger partial charge on any atom is -0.383 e. The van der Waals surface area contributed by atoms with E-state index >= 15 is 0 Å². The highest BCUT2D eigenvalue weighted by Crippen LogP contribution is 2.29. The van der Waals surface area contributed by atoms with Gasteiger partial charge in [0.05, 0.1) is 37.6 Å². The first-order chi connectivity index (χ1) is 17.6. The summed E-state index contributed by atoms with van der Waals surface area (Å²) in [6.07, 6.45) is 6.36. The van der Waals surface area contributed by atoms with E-state index < -0.39 is 47.4 Å². The number of nitrogens with one attached hydrogen (secondary N) is 2. The summed E-state index contributed by atoms with van der Waals surface area (Å²) in [7, 11) is 1.46. The highest BCUT2D eigenvalue weighted by molar-refractivity contribution is 6.16. The van der Waals surface area contributed by atoms with E-state index in [1.807, 2.05) is 25.1 Å². The fourth-order valence-corrected chi connectivity index (χ4v) is 4.24. The number of Topliss-reactive ketones (excluding diaryl/α,β-unsaturated/α-hetero) is 1. The molecular weight excluding hydrogens is 474 g/mol. The van der Waals surface area contributed by atoms with Gasteiger partial charge < -0.3 is 15.4 Å². The van der Waals surface area contributed by atoms with Crippen molar-refractivity contribution >= 4 is 29.4 Å². The second-order valence-electron chi connectivity index (χ2n) is 9.34. The Balaban J connectivity index is 2.18. The molecule has 4 atom stereocenters. The molecule has 1 aromatic carbocycles. The number of carbonyl (C=O) groups is 5. The number of rotatable bonds is 13. The number of benzene rings is 1. The normalized spacial score (nSPS) is 19.6. The fraction of sp³-hybridized carbons (Fsp3) is 0.464. The lowest BCUT2D eigenvalue weighted by atomic mass is 9.85. The Morgan fingerprint density at radius 2 is 1.73 bits per heavy atom. The molecule has 1 heterocycles. The minimum atomic E-state index is -1.17. The Morgan fingerprint density at radius 3 is 2.32 bits per heavy atom. The van der Waals surface area contributed by atoms with Crippen molar-refractivity contribution in [2.75, 3.05) is 20.3 Å². The fourth-order valence-electron chi connectivity index (χ4n) is 4.24. The molecule has 9 nitrogen and oxygen atoms in total. The van der Waals surface area contributed by atoms with Gasteiger partial charge in [0, 0.05) is 13.2 Å². The van der Waals surface area contributed by atoms with Crippen molar-refractivity contribution in [2.24, 2.45) is 17.8 Å². The number of amides is 4. The van der Waals surface area contributed by atoms with E-state index in [2.05, 4.69) is 10.6 Å². The number of methoxy groups -OCH3 is 1. The van der Waals surface area contributed by atoms with Crippen LogP contribution in [-0.2, 0) is 28.7 Å². The maximum absolute atomic E-state index is 13.5. The molecule has 0 radical (unpaired) electrons. The molecule has 1 aliphatic heterocycles. The van der Waals surface area contributed by atoms with Crippen LogP contribution in [0.2, 0.25) is 0 Å². The zero-order valence-corrected chi connectivity index (χ0v) is 22.1. The number of ketones is 1. The smallest absolute Gasteiger partial charge is 0.244 e. The van der Waals surface area contributed by atoms with E-state index in [-0.39, 0.29) is 31.4 Å². The Morgan fingerprint density at radius 1 is 1.05 bits per heavy atom. The van der Waals surface area contributed by atoms with Gasteiger partial charge in [0.1, 0.15) is 5.92 Å². The average Bonchev–Trinajstić information content (AvgIpc) is 3.08. The first kappa shape index (κ1) is 29.6. The summed E-state index contributed by atoms with van der Waals surface area (Å²) in [5, 5.41) is 5.59. The molecule has 2 N–H and O–H groups in total. The van der Waals surface area contributed by atoms with E-state index in [1.165, 1.54) is 13.2 Å². The number of likely N-dealkylation sites (tertiary alicyclic amines) is 1. The zero-order valence-electron chi connectivity index (χ0n) is 22.1. The van der Waals surface area contributed by atoms with Crippen LogP contribution in [0.25, 0.3) is 0 Å². The van der Waals surface area contributed by atoms with Crippen LogP contribution in [0.15, 0.2) is 54.6 Å². The summed E-state index contributed by atoms with van der Waals surface area (Å²) < 4.78 is 4.97. The third-order valence-corrected chi connectivity index (χ3v) is 6.26. The number of imide groups is 1. The van der Waals surface area contributed by atoms with Crippen molar-refractivity contribution in [3.05, 3.63) is 60.2 Å². The van der Waals surface area contributed by atoms with Crippen LogP contribution in [0.1, 0.15) is 45.7 Å². The molecule has 0 saturated carbocycles. The van der Waals surface area contributed by atoms with Gasteiger partial charge in [0.25, 0.3) is 0 Å². The van der Waals surface area contributed by atoms with E-state index in [1.54, 1.807) is 51.1 Å². The lowest BCUT2D eigenvalue weighted by molar-refractivity contribution is -0.142. The van der Waals surface area contributed by atoms with Crippen molar-refractivity contribution in [2.45, 2.75) is 46.2 Å². The number of hydrogen-bond donors (Lipinski definition) is 2. The Kier molecular flexibility index (Phi) is 11.4. The van der Waals surface area contributed by atoms with Gasteiger partial charge in [0.2, 0.25) is 23.6 Å². The maximum Gasteiger partial charge on any atom is 0.244 e. The summed E-state index contributed by atoms with van der Waals surface area (Å²) in [4.78, 5) is 65.6. The SMILES string of the molecule is C/C=C/C=C/C(=O)N[C@@H](CC(=O)N[C@H](C(=O)[C@@H]1C(=O)N(CCOC)C(=O)[C@H]1C)C(C)C)c1ccccc1. The summed E-state index contributed by atoms with van der Waals surface area (Å²) >= 11 is 0. The third kappa shape index (κ3) is 7.95. The van der Waals surface area contributed by atoms with E-state index in [4.69, 9.17) is 4.74 Å². The molecule has 0 spiro atoms. The predicted molar refractivity (Wildman–Crippen MR) is 139 cm³/mol. The van der Waals surface area contributed by atoms with Crippen molar-refractivity contribution in [1.82, 2.24) is 15.5 Å². The van der Waals surface area contributed by atoms with Crippen molar-refractivity contribution < 1.29 is 28.7 Å². The van der Waals surface area contributed by atoms with Crippen LogP contribution >= 0.6 is 0 Å². The Labute approximate surface area is 218 Å². The Bertz CT molecular complexity index is 1030. The third-order valence-electron chi connectivity index (χ3n) is 6.26. The van der Waals surface area contributed by atoms with Crippen LogP contribution in [0, 0.1) is 17.8 Å². The molecule has 9 heteroatoms. The highest BCUT2D eigenvalue weighted by atomic mass is 16.5. The van der Waals surface area contributed by atoms with Gasteiger partial charge in [-0.15, -0.1) is 0 Å². The summed E-state index contributed by atoms with van der Waals surface area (Å²) in [6.45, 7) is 7.16. The summed E-state index contributed by atoms with van der Waals surface area (Å²) in [5.41, 5.74) is 0.733. The first-order valence-corrected chi connectivity index (χ1v) is 12.4. The number of allylic oxidation sites excluding steroid dienone is 3. The number of carbonyl (C=O) groups excluding carboxylic acids is 5. The number of nitrogens with zero attached hydrogens (tertiary/aromatic N) is 1. The van der Waals surface area contributed by atoms with Crippen LogP contribution in [0.5, 0.6) is 0 Å². The predicted octanol–water partition coefficient (Wildman–Crippen LogP) is 2.34. The van der Waals surface area contributed by atoms with E-state index in [9.17, 15) is 24.0 Å². The van der Waals surface area contributed by atoms with Crippen LogP contribution in [0.4, 0.5) is 0 Å². The maximum atomic E-state index is 13.5. The van der Waals surface area contributed by atoms with Gasteiger partial charge in [-0.2, -0.15) is 0 Å². The van der Waals surface area contributed by atoms with Crippen molar-refractivity contribution in [3.63, 3.8) is 0 Å². The van der Waals surface area contributed by atoms with E-state index in [0.717, 1.165) is 10.5 Å². The lowest BCUT2D eigenvalue weighted by Gasteiger charge is -2.26.